The molecule has 0 amide bonds. The van der Waals surface area contributed by atoms with E-state index in [9.17, 15) is 0 Å². The van der Waals surface area contributed by atoms with Crippen LogP contribution in [0, 0.1) is 10.7 Å². The molecule has 1 aliphatic rings. The summed E-state index contributed by atoms with van der Waals surface area (Å²) < 4.78 is 5.06. The Bertz CT molecular complexity index is 631. The second kappa shape index (κ2) is 5.32. The van der Waals surface area contributed by atoms with Gasteiger partial charge in [0.1, 0.15) is 5.52 Å². The molecule has 104 valence electrons. The highest BCUT2D eigenvalue weighted by Gasteiger charge is 2.19. The molecule has 1 fully saturated rings. The number of aromatic amines is 1. The predicted molar refractivity (Wildman–Crippen MR) is 83.3 cm³/mol. The highest BCUT2D eigenvalue weighted by Crippen LogP contribution is 2.26. The van der Waals surface area contributed by atoms with Gasteiger partial charge in [-0.2, -0.15) is 16.9 Å². The molecule has 4 nitrogen and oxygen atoms in total. The van der Waals surface area contributed by atoms with Gasteiger partial charge in [0.05, 0.1) is 5.69 Å². The van der Waals surface area contributed by atoms with Crippen LogP contribution in [0.25, 0.3) is 11.2 Å². The van der Waals surface area contributed by atoms with E-state index in [1.54, 1.807) is 0 Å². The first-order valence-electron chi connectivity index (χ1n) is 6.92. The summed E-state index contributed by atoms with van der Waals surface area (Å²) in [6, 6.07) is 0. The summed E-state index contributed by atoms with van der Waals surface area (Å²) in [5, 5.41) is 4.58. The first-order valence-corrected chi connectivity index (χ1v) is 8.49. The maximum absolute atomic E-state index is 5.50. The van der Waals surface area contributed by atoms with Gasteiger partial charge in [-0.25, -0.2) is 0 Å². The van der Waals surface area contributed by atoms with E-state index in [2.05, 4.69) is 33.3 Å². The second-order valence-corrected chi connectivity index (χ2v) is 6.83. The summed E-state index contributed by atoms with van der Waals surface area (Å²) in [5.41, 5.74) is 3.39. The maximum Gasteiger partial charge on any atom is 0.179 e. The molecule has 0 radical (unpaired) electrons. The average Bonchev–Trinajstić information content (AvgIpc) is 2.90. The van der Waals surface area contributed by atoms with Crippen LogP contribution < -0.4 is 0 Å². The van der Waals surface area contributed by atoms with Gasteiger partial charge < -0.3 is 9.55 Å². The van der Waals surface area contributed by atoms with Gasteiger partial charge >= 0.3 is 0 Å². The number of nitrogens with one attached hydrogen (secondary N) is 1. The standard InChI is InChI=1S/C13H20N4S2/c1-3-10-11-12(16(2)15-10)17(13(18)14-11)8-9-4-6-19-7-5-9/h9H,3-8H2,1-2H3,(H,14,18). The molecule has 2 aromatic heterocycles. The lowest BCUT2D eigenvalue weighted by Crippen LogP contribution is -2.17. The van der Waals surface area contributed by atoms with Crippen molar-refractivity contribution in [1.82, 2.24) is 19.3 Å². The van der Waals surface area contributed by atoms with Crippen molar-refractivity contribution in [3.05, 3.63) is 10.5 Å². The molecule has 19 heavy (non-hydrogen) atoms. The molecule has 0 spiro atoms. The smallest absolute Gasteiger partial charge is 0.179 e. The van der Waals surface area contributed by atoms with Gasteiger partial charge in [0, 0.05) is 13.6 Å². The van der Waals surface area contributed by atoms with Crippen LogP contribution in [0.3, 0.4) is 0 Å². The van der Waals surface area contributed by atoms with Crippen molar-refractivity contribution in [2.45, 2.75) is 32.7 Å². The van der Waals surface area contributed by atoms with E-state index < -0.39 is 0 Å². The molecule has 2 aromatic rings. The van der Waals surface area contributed by atoms with Crippen LogP contribution in [-0.4, -0.2) is 30.8 Å². The van der Waals surface area contributed by atoms with Gasteiger partial charge in [-0.15, -0.1) is 0 Å². The first-order chi connectivity index (χ1) is 9.20. The van der Waals surface area contributed by atoms with Gasteiger partial charge in [0.2, 0.25) is 0 Å². The van der Waals surface area contributed by atoms with Gasteiger partial charge in [0.25, 0.3) is 0 Å². The van der Waals surface area contributed by atoms with Gasteiger partial charge in [-0.3, -0.25) is 4.68 Å². The molecule has 3 heterocycles. The fourth-order valence-electron chi connectivity index (χ4n) is 2.88. The molecule has 3 rings (SSSR count). The summed E-state index contributed by atoms with van der Waals surface area (Å²) in [4.78, 5) is 3.35. The molecular weight excluding hydrogens is 276 g/mol. The number of fused-ring (bicyclic) bond motifs is 1. The lowest BCUT2D eigenvalue weighted by molar-refractivity contribution is 0.416. The minimum absolute atomic E-state index is 0.756. The van der Waals surface area contributed by atoms with Gasteiger partial charge in [0.15, 0.2) is 10.4 Å². The SMILES string of the molecule is CCc1nn(C)c2c1[nH]c(=S)n2CC1CCSCC1. The third-order valence-electron chi connectivity index (χ3n) is 3.94. The average molecular weight is 296 g/mol. The largest absolute Gasteiger partial charge is 0.328 e. The van der Waals surface area contributed by atoms with E-state index >= 15 is 0 Å². The van der Waals surface area contributed by atoms with Gasteiger partial charge in [-0.05, 0) is 48.9 Å². The maximum atomic E-state index is 5.50. The zero-order chi connectivity index (χ0) is 13.4. The predicted octanol–water partition coefficient (Wildman–Crippen LogP) is 3.14. The Labute approximate surface area is 122 Å². The molecule has 0 atom stereocenters. The zero-order valence-electron chi connectivity index (χ0n) is 11.5. The minimum atomic E-state index is 0.756. The van der Waals surface area contributed by atoms with Crippen LogP contribution in [0.4, 0.5) is 0 Å². The number of thioether (sulfide) groups is 1. The molecule has 0 aliphatic carbocycles. The number of nitrogens with zero attached hydrogens (tertiary/aromatic N) is 3. The van der Waals surface area contributed by atoms with E-state index in [0.29, 0.717) is 0 Å². The van der Waals surface area contributed by atoms with E-state index in [0.717, 1.165) is 40.5 Å². The third-order valence-corrected chi connectivity index (χ3v) is 5.31. The molecule has 1 aliphatic heterocycles. The van der Waals surface area contributed by atoms with Crippen molar-refractivity contribution in [1.29, 1.82) is 0 Å². The lowest BCUT2D eigenvalue weighted by Gasteiger charge is -2.21. The second-order valence-electron chi connectivity index (χ2n) is 5.22. The summed E-state index contributed by atoms with van der Waals surface area (Å²) in [6.45, 7) is 3.16. The molecule has 6 heteroatoms. The molecule has 0 aromatic carbocycles. The van der Waals surface area contributed by atoms with Crippen molar-refractivity contribution in [2.75, 3.05) is 11.5 Å². The lowest BCUT2D eigenvalue weighted by atomic mass is 10.0. The quantitative estimate of drug-likeness (QED) is 0.884. The topological polar surface area (TPSA) is 38.5 Å². The number of imidazole rings is 1. The highest BCUT2D eigenvalue weighted by molar-refractivity contribution is 7.99. The van der Waals surface area contributed by atoms with E-state index in [1.165, 1.54) is 24.3 Å². The zero-order valence-corrected chi connectivity index (χ0v) is 13.1. The Morgan fingerprint density at radius 1 is 1.42 bits per heavy atom. The molecular formula is C13H20N4S2. The van der Waals surface area contributed by atoms with Crippen molar-refractivity contribution in [3.8, 4) is 0 Å². The van der Waals surface area contributed by atoms with Crippen LogP contribution >= 0.6 is 24.0 Å². The van der Waals surface area contributed by atoms with Crippen LogP contribution in [0.5, 0.6) is 0 Å². The van der Waals surface area contributed by atoms with Crippen LogP contribution in [0.2, 0.25) is 0 Å². The summed E-state index contributed by atoms with van der Waals surface area (Å²) in [6.07, 6.45) is 3.54. The van der Waals surface area contributed by atoms with Gasteiger partial charge in [-0.1, -0.05) is 6.92 Å². The number of hydrogen-bond acceptors (Lipinski definition) is 3. The van der Waals surface area contributed by atoms with Crippen LogP contribution in [0.1, 0.15) is 25.5 Å². The molecule has 0 bridgehead atoms. The van der Waals surface area contributed by atoms with E-state index in [1.807, 2.05) is 11.7 Å². The Morgan fingerprint density at radius 3 is 2.84 bits per heavy atom. The van der Waals surface area contributed by atoms with E-state index in [-0.39, 0.29) is 0 Å². The first kappa shape index (κ1) is 13.2. The molecule has 0 unspecified atom stereocenters. The van der Waals surface area contributed by atoms with Crippen molar-refractivity contribution >= 4 is 35.1 Å². The monoisotopic (exact) mass is 296 g/mol. The molecule has 1 saturated heterocycles. The Morgan fingerprint density at radius 2 is 2.16 bits per heavy atom. The minimum Gasteiger partial charge on any atom is -0.328 e. The summed E-state index contributed by atoms with van der Waals surface area (Å²) in [7, 11) is 2.01. The summed E-state index contributed by atoms with van der Waals surface area (Å²) >= 11 is 7.57. The van der Waals surface area contributed by atoms with Crippen molar-refractivity contribution < 1.29 is 0 Å². The fraction of sp³-hybridized carbons (Fsp3) is 0.692. The number of aromatic nitrogens is 4. The number of hydrogen-bond donors (Lipinski definition) is 1. The fourth-order valence-corrected chi connectivity index (χ4v) is 4.35. The van der Waals surface area contributed by atoms with Crippen molar-refractivity contribution in [2.24, 2.45) is 13.0 Å². The van der Waals surface area contributed by atoms with E-state index in [4.69, 9.17) is 12.2 Å². The van der Waals surface area contributed by atoms with Crippen LogP contribution in [0.15, 0.2) is 0 Å². The molecule has 1 N–H and O–H groups in total. The third kappa shape index (κ3) is 2.36. The highest BCUT2D eigenvalue weighted by atomic mass is 32.2. The van der Waals surface area contributed by atoms with Crippen LogP contribution in [-0.2, 0) is 20.0 Å². The van der Waals surface area contributed by atoms with Crippen molar-refractivity contribution in [3.63, 3.8) is 0 Å². The Kier molecular flexibility index (Phi) is 3.71. The normalized spacial score (nSPS) is 17.4. The Hall–Kier alpha value is -0.750. The molecule has 0 saturated carbocycles. The number of aryl methyl sites for hydroxylation is 2. The Balaban J connectivity index is 2.00. The number of rotatable bonds is 3. The summed E-state index contributed by atoms with van der Waals surface area (Å²) in [5.74, 6) is 3.33. The number of H-pyrrole nitrogens is 1.